The van der Waals surface area contributed by atoms with Gasteiger partial charge in [0.15, 0.2) is 0 Å². The number of anilines is 3. The SMILES string of the molecule is Cc1cc(F)cc(Nc2ncc(N)cc2C)c1. The summed E-state index contributed by atoms with van der Waals surface area (Å²) in [4.78, 5) is 4.17. The second-order valence-corrected chi connectivity index (χ2v) is 4.08. The molecule has 1 aromatic carbocycles. The van der Waals surface area contributed by atoms with Gasteiger partial charge in [-0.2, -0.15) is 0 Å². The molecule has 0 saturated carbocycles. The van der Waals surface area contributed by atoms with Gasteiger partial charge in [0.05, 0.1) is 11.9 Å². The molecule has 3 nitrogen and oxygen atoms in total. The van der Waals surface area contributed by atoms with E-state index in [2.05, 4.69) is 10.3 Å². The number of aryl methyl sites for hydroxylation is 2. The number of nitrogens with zero attached hydrogens (tertiary/aromatic N) is 1. The zero-order valence-corrected chi connectivity index (χ0v) is 9.79. The van der Waals surface area contributed by atoms with Crippen molar-refractivity contribution in [1.82, 2.24) is 4.98 Å². The summed E-state index contributed by atoms with van der Waals surface area (Å²) in [6.45, 7) is 3.75. The van der Waals surface area contributed by atoms with Crippen LogP contribution in [-0.2, 0) is 0 Å². The Labute approximate surface area is 99.5 Å². The summed E-state index contributed by atoms with van der Waals surface area (Å²) in [5.41, 5.74) is 8.70. The van der Waals surface area contributed by atoms with Crippen molar-refractivity contribution in [3.63, 3.8) is 0 Å². The van der Waals surface area contributed by atoms with E-state index in [0.29, 0.717) is 17.2 Å². The van der Waals surface area contributed by atoms with E-state index in [9.17, 15) is 4.39 Å². The van der Waals surface area contributed by atoms with Gasteiger partial charge in [-0.25, -0.2) is 9.37 Å². The minimum atomic E-state index is -0.263. The maximum absolute atomic E-state index is 13.2. The molecule has 3 N–H and O–H groups in total. The third-order valence-electron chi connectivity index (χ3n) is 2.40. The molecule has 2 aromatic rings. The number of aromatic nitrogens is 1. The van der Waals surface area contributed by atoms with Gasteiger partial charge in [0.1, 0.15) is 11.6 Å². The number of rotatable bonds is 2. The van der Waals surface area contributed by atoms with Crippen LogP contribution in [0.2, 0.25) is 0 Å². The fourth-order valence-corrected chi connectivity index (χ4v) is 1.67. The molecule has 88 valence electrons. The molecule has 0 aliphatic rings. The van der Waals surface area contributed by atoms with Crippen molar-refractivity contribution in [3.05, 3.63) is 47.4 Å². The van der Waals surface area contributed by atoms with Crippen LogP contribution in [-0.4, -0.2) is 4.98 Å². The van der Waals surface area contributed by atoms with Gasteiger partial charge in [-0.3, -0.25) is 0 Å². The molecule has 0 radical (unpaired) electrons. The van der Waals surface area contributed by atoms with Gasteiger partial charge >= 0.3 is 0 Å². The monoisotopic (exact) mass is 231 g/mol. The number of nitrogen functional groups attached to an aromatic ring is 1. The van der Waals surface area contributed by atoms with Crippen molar-refractivity contribution < 1.29 is 4.39 Å². The van der Waals surface area contributed by atoms with Crippen molar-refractivity contribution >= 4 is 17.2 Å². The Bertz CT molecular complexity index is 532. The number of benzene rings is 1. The van der Waals surface area contributed by atoms with Crippen molar-refractivity contribution in [2.45, 2.75) is 13.8 Å². The fourth-order valence-electron chi connectivity index (χ4n) is 1.67. The molecule has 0 amide bonds. The third-order valence-corrected chi connectivity index (χ3v) is 2.40. The van der Waals surface area contributed by atoms with Crippen LogP contribution in [0.25, 0.3) is 0 Å². The molecule has 0 unspecified atom stereocenters. The van der Waals surface area contributed by atoms with E-state index in [0.717, 1.165) is 11.1 Å². The lowest BCUT2D eigenvalue weighted by Gasteiger charge is -2.09. The number of pyridine rings is 1. The molecule has 1 aromatic heterocycles. The molecule has 2 rings (SSSR count). The summed E-state index contributed by atoms with van der Waals surface area (Å²) in [7, 11) is 0. The maximum Gasteiger partial charge on any atom is 0.133 e. The first-order chi connectivity index (χ1) is 8.04. The highest BCUT2D eigenvalue weighted by molar-refractivity contribution is 5.61. The molecule has 0 aliphatic carbocycles. The van der Waals surface area contributed by atoms with Crippen molar-refractivity contribution in [2.75, 3.05) is 11.1 Å². The van der Waals surface area contributed by atoms with Crippen LogP contribution in [0.5, 0.6) is 0 Å². The van der Waals surface area contributed by atoms with Crippen molar-refractivity contribution in [1.29, 1.82) is 0 Å². The number of nitrogens with one attached hydrogen (secondary N) is 1. The van der Waals surface area contributed by atoms with Gasteiger partial charge in [-0.1, -0.05) is 0 Å². The Morgan fingerprint density at radius 3 is 2.59 bits per heavy atom. The largest absolute Gasteiger partial charge is 0.397 e. The van der Waals surface area contributed by atoms with Gasteiger partial charge in [-0.05, 0) is 49.2 Å². The molecular formula is C13H14FN3. The number of halogens is 1. The molecular weight excluding hydrogens is 217 g/mol. The molecule has 0 fully saturated rings. The Kier molecular flexibility index (Phi) is 2.95. The molecule has 1 heterocycles. The lowest BCUT2D eigenvalue weighted by atomic mass is 10.2. The second kappa shape index (κ2) is 4.41. The van der Waals surface area contributed by atoms with Gasteiger partial charge in [0, 0.05) is 5.69 Å². The Balaban J connectivity index is 2.31. The smallest absolute Gasteiger partial charge is 0.133 e. The molecule has 17 heavy (non-hydrogen) atoms. The molecule has 0 atom stereocenters. The first-order valence-electron chi connectivity index (χ1n) is 5.31. The number of nitrogens with two attached hydrogens (primary N) is 1. The molecule has 0 saturated heterocycles. The van der Waals surface area contributed by atoms with Crippen LogP contribution in [0.1, 0.15) is 11.1 Å². The van der Waals surface area contributed by atoms with Crippen LogP contribution in [0.3, 0.4) is 0 Å². The van der Waals surface area contributed by atoms with Gasteiger partial charge in [-0.15, -0.1) is 0 Å². The highest BCUT2D eigenvalue weighted by Crippen LogP contribution is 2.21. The van der Waals surface area contributed by atoms with E-state index in [1.807, 2.05) is 26.0 Å². The predicted octanol–water partition coefficient (Wildman–Crippen LogP) is 3.16. The van der Waals surface area contributed by atoms with Gasteiger partial charge < -0.3 is 11.1 Å². The minimum absolute atomic E-state index is 0.263. The van der Waals surface area contributed by atoms with Crippen molar-refractivity contribution in [3.8, 4) is 0 Å². The Morgan fingerprint density at radius 1 is 1.18 bits per heavy atom. The molecule has 0 spiro atoms. The predicted molar refractivity (Wildman–Crippen MR) is 67.8 cm³/mol. The second-order valence-electron chi connectivity index (χ2n) is 4.08. The number of hydrogen-bond acceptors (Lipinski definition) is 3. The molecule has 0 bridgehead atoms. The summed E-state index contributed by atoms with van der Waals surface area (Å²) in [5.74, 6) is 0.421. The standard InChI is InChI=1S/C13H14FN3/c1-8-3-10(14)6-12(4-8)17-13-9(2)5-11(15)7-16-13/h3-7H,15H2,1-2H3,(H,16,17). The zero-order valence-electron chi connectivity index (χ0n) is 9.79. The molecule has 4 heteroatoms. The summed E-state index contributed by atoms with van der Waals surface area (Å²) in [6.07, 6.45) is 1.57. The first-order valence-corrected chi connectivity index (χ1v) is 5.31. The minimum Gasteiger partial charge on any atom is -0.397 e. The van der Waals surface area contributed by atoms with Crippen LogP contribution in [0.15, 0.2) is 30.5 Å². The highest BCUT2D eigenvalue weighted by Gasteiger charge is 2.03. The van der Waals surface area contributed by atoms with E-state index < -0.39 is 0 Å². The van der Waals surface area contributed by atoms with E-state index in [1.165, 1.54) is 12.1 Å². The average molecular weight is 231 g/mol. The third kappa shape index (κ3) is 2.72. The van der Waals surface area contributed by atoms with E-state index in [-0.39, 0.29) is 5.82 Å². The topological polar surface area (TPSA) is 50.9 Å². The Hall–Kier alpha value is -2.10. The Morgan fingerprint density at radius 2 is 1.94 bits per heavy atom. The summed E-state index contributed by atoms with van der Waals surface area (Å²) in [5, 5.41) is 3.07. The van der Waals surface area contributed by atoms with E-state index in [4.69, 9.17) is 5.73 Å². The van der Waals surface area contributed by atoms with Crippen LogP contribution >= 0.6 is 0 Å². The lowest BCUT2D eigenvalue weighted by molar-refractivity contribution is 0.627. The maximum atomic E-state index is 13.2. The summed E-state index contributed by atoms with van der Waals surface area (Å²) >= 11 is 0. The lowest BCUT2D eigenvalue weighted by Crippen LogP contribution is -1.98. The molecule has 0 aliphatic heterocycles. The average Bonchev–Trinajstić information content (AvgIpc) is 2.21. The van der Waals surface area contributed by atoms with Gasteiger partial charge in [0.2, 0.25) is 0 Å². The summed E-state index contributed by atoms with van der Waals surface area (Å²) in [6, 6.07) is 6.60. The highest BCUT2D eigenvalue weighted by atomic mass is 19.1. The van der Waals surface area contributed by atoms with Gasteiger partial charge in [0.25, 0.3) is 0 Å². The van der Waals surface area contributed by atoms with Crippen LogP contribution in [0, 0.1) is 19.7 Å². The number of hydrogen-bond donors (Lipinski definition) is 2. The quantitative estimate of drug-likeness (QED) is 0.834. The zero-order chi connectivity index (χ0) is 12.4. The van der Waals surface area contributed by atoms with Crippen LogP contribution in [0.4, 0.5) is 21.6 Å². The summed E-state index contributed by atoms with van der Waals surface area (Å²) < 4.78 is 13.2. The van der Waals surface area contributed by atoms with Crippen molar-refractivity contribution in [2.24, 2.45) is 0 Å². The van der Waals surface area contributed by atoms with E-state index >= 15 is 0 Å². The fraction of sp³-hybridized carbons (Fsp3) is 0.154. The van der Waals surface area contributed by atoms with E-state index in [1.54, 1.807) is 6.20 Å². The first kappa shape index (κ1) is 11.4. The van der Waals surface area contributed by atoms with Crippen LogP contribution < -0.4 is 11.1 Å². The normalized spacial score (nSPS) is 10.3.